The predicted molar refractivity (Wildman–Crippen MR) is 77.3 cm³/mol. The van der Waals surface area contributed by atoms with Crippen molar-refractivity contribution >= 4 is 17.2 Å². The molecule has 1 atom stereocenters. The van der Waals surface area contributed by atoms with Crippen LogP contribution in [0.1, 0.15) is 41.3 Å². The van der Waals surface area contributed by atoms with Crippen molar-refractivity contribution in [1.29, 1.82) is 0 Å². The lowest BCUT2D eigenvalue weighted by Gasteiger charge is -2.34. The van der Waals surface area contributed by atoms with Gasteiger partial charge in [-0.1, -0.05) is 0 Å². The maximum atomic E-state index is 12.3. The van der Waals surface area contributed by atoms with E-state index in [1.165, 1.54) is 11.3 Å². The van der Waals surface area contributed by atoms with Crippen molar-refractivity contribution in [2.75, 3.05) is 27.2 Å². The van der Waals surface area contributed by atoms with Crippen LogP contribution in [0.5, 0.6) is 0 Å². The molecule has 1 aromatic heterocycles. The summed E-state index contributed by atoms with van der Waals surface area (Å²) in [4.78, 5) is 20.8. The number of hydrogen-bond donors (Lipinski definition) is 1. The smallest absolute Gasteiger partial charge is 0.273 e. The van der Waals surface area contributed by atoms with Gasteiger partial charge in [-0.05, 0) is 33.9 Å². The molecular formula is C13H22N4OS. The minimum Gasteiger partial charge on any atom is -0.337 e. The van der Waals surface area contributed by atoms with Gasteiger partial charge < -0.3 is 15.5 Å². The van der Waals surface area contributed by atoms with E-state index in [1.54, 1.807) is 0 Å². The number of carbonyl (C=O) groups is 1. The van der Waals surface area contributed by atoms with E-state index >= 15 is 0 Å². The van der Waals surface area contributed by atoms with Crippen molar-refractivity contribution in [3.05, 3.63) is 16.1 Å². The van der Waals surface area contributed by atoms with E-state index in [4.69, 9.17) is 5.73 Å². The van der Waals surface area contributed by atoms with E-state index in [-0.39, 0.29) is 11.9 Å². The van der Waals surface area contributed by atoms with E-state index in [0.717, 1.165) is 30.9 Å². The SMILES string of the molecule is CC(N)c1nc(C(=O)N2CCC(N(C)C)CC2)cs1. The Hall–Kier alpha value is -0.980. The number of hydrogen-bond acceptors (Lipinski definition) is 5. The summed E-state index contributed by atoms with van der Waals surface area (Å²) in [7, 11) is 4.19. The molecule has 1 unspecified atom stereocenters. The van der Waals surface area contributed by atoms with Gasteiger partial charge in [0.05, 0.1) is 6.04 Å². The van der Waals surface area contributed by atoms with Gasteiger partial charge >= 0.3 is 0 Å². The fourth-order valence-corrected chi connectivity index (χ4v) is 3.09. The third-order valence-corrected chi connectivity index (χ3v) is 4.66. The summed E-state index contributed by atoms with van der Waals surface area (Å²) < 4.78 is 0. The molecule has 1 fully saturated rings. The molecule has 0 aromatic carbocycles. The highest BCUT2D eigenvalue weighted by Crippen LogP contribution is 2.20. The van der Waals surface area contributed by atoms with Gasteiger partial charge in [0.15, 0.2) is 0 Å². The Bertz CT molecular complexity index is 436. The van der Waals surface area contributed by atoms with E-state index in [9.17, 15) is 4.79 Å². The fourth-order valence-electron chi connectivity index (χ4n) is 2.34. The zero-order chi connectivity index (χ0) is 14.0. The second-order valence-electron chi connectivity index (χ2n) is 5.35. The lowest BCUT2D eigenvalue weighted by atomic mass is 10.0. The lowest BCUT2D eigenvalue weighted by molar-refractivity contribution is 0.0658. The van der Waals surface area contributed by atoms with Crippen LogP contribution in [0.4, 0.5) is 0 Å². The fraction of sp³-hybridized carbons (Fsp3) is 0.692. The van der Waals surface area contributed by atoms with E-state index in [1.807, 2.05) is 17.2 Å². The van der Waals surface area contributed by atoms with Crippen molar-refractivity contribution in [2.24, 2.45) is 5.73 Å². The number of likely N-dealkylation sites (tertiary alicyclic amines) is 1. The average molecular weight is 282 g/mol. The first-order valence-electron chi connectivity index (χ1n) is 6.65. The molecule has 1 aliphatic rings. The molecule has 1 saturated heterocycles. The molecule has 2 rings (SSSR count). The van der Waals surface area contributed by atoms with Crippen LogP contribution in [-0.4, -0.2) is 53.9 Å². The maximum absolute atomic E-state index is 12.3. The largest absolute Gasteiger partial charge is 0.337 e. The molecule has 1 aromatic rings. The molecule has 106 valence electrons. The van der Waals surface area contributed by atoms with E-state index < -0.39 is 0 Å². The molecule has 5 nitrogen and oxygen atoms in total. The molecule has 0 spiro atoms. The standard InChI is InChI=1S/C13H22N4OS/c1-9(14)12-15-11(8-19-12)13(18)17-6-4-10(5-7-17)16(2)3/h8-10H,4-7,14H2,1-3H3. The van der Waals surface area contributed by atoms with Gasteiger partial charge in [-0.25, -0.2) is 4.98 Å². The lowest BCUT2D eigenvalue weighted by Crippen LogP contribution is -2.44. The molecule has 2 heterocycles. The summed E-state index contributed by atoms with van der Waals surface area (Å²) in [5, 5.41) is 2.64. The second kappa shape index (κ2) is 5.98. The third-order valence-electron chi connectivity index (χ3n) is 3.61. The van der Waals surface area contributed by atoms with Crippen LogP contribution >= 0.6 is 11.3 Å². The van der Waals surface area contributed by atoms with Gasteiger partial charge in [0, 0.05) is 24.5 Å². The molecule has 0 radical (unpaired) electrons. The molecular weight excluding hydrogens is 260 g/mol. The number of rotatable bonds is 3. The van der Waals surface area contributed by atoms with Crippen molar-refractivity contribution in [3.8, 4) is 0 Å². The number of amides is 1. The Morgan fingerprint density at radius 3 is 2.63 bits per heavy atom. The van der Waals surface area contributed by atoms with Crippen LogP contribution in [0.2, 0.25) is 0 Å². The van der Waals surface area contributed by atoms with Gasteiger partial charge in [0.2, 0.25) is 0 Å². The minimum absolute atomic E-state index is 0.0420. The van der Waals surface area contributed by atoms with Crippen LogP contribution < -0.4 is 5.73 Å². The Labute approximate surface area is 118 Å². The zero-order valence-corrected chi connectivity index (χ0v) is 12.6. The quantitative estimate of drug-likeness (QED) is 0.908. The molecule has 1 amide bonds. The summed E-state index contributed by atoms with van der Waals surface area (Å²) in [5.74, 6) is 0.0420. The van der Waals surface area contributed by atoms with Gasteiger partial charge in [0.25, 0.3) is 5.91 Å². The van der Waals surface area contributed by atoms with Gasteiger partial charge in [0.1, 0.15) is 10.7 Å². The van der Waals surface area contributed by atoms with E-state index in [0.29, 0.717) is 11.7 Å². The number of piperidine rings is 1. The molecule has 19 heavy (non-hydrogen) atoms. The van der Waals surface area contributed by atoms with Crippen molar-refractivity contribution < 1.29 is 4.79 Å². The second-order valence-corrected chi connectivity index (χ2v) is 6.24. The zero-order valence-electron chi connectivity index (χ0n) is 11.8. The van der Waals surface area contributed by atoms with Gasteiger partial charge in [-0.3, -0.25) is 4.79 Å². The van der Waals surface area contributed by atoms with Crippen molar-refractivity contribution in [3.63, 3.8) is 0 Å². The van der Waals surface area contributed by atoms with Crippen molar-refractivity contribution in [2.45, 2.75) is 31.8 Å². The predicted octanol–water partition coefficient (Wildman–Crippen LogP) is 1.33. The Kier molecular flexibility index (Phi) is 4.54. The third kappa shape index (κ3) is 3.32. The minimum atomic E-state index is -0.106. The molecule has 0 bridgehead atoms. The van der Waals surface area contributed by atoms with Crippen LogP contribution in [0.25, 0.3) is 0 Å². The summed E-state index contributed by atoms with van der Waals surface area (Å²) in [6.45, 7) is 3.51. The first-order valence-corrected chi connectivity index (χ1v) is 7.53. The summed E-state index contributed by atoms with van der Waals surface area (Å²) in [6, 6.07) is 0.477. The monoisotopic (exact) mass is 282 g/mol. The highest BCUT2D eigenvalue weighted by molar-refractivity contribution is 7.09. The van der Waals surface area contributed by atoms with Crippen LogP contribution in [0.3, 0.4) is 0 Å². The van der Waals surface area contributed by atoms with Crippen LogP contribution in [0, 0.1) is 0 Å². The van der Waals surface area contributed by atoms with Gasteiger partial charge in [-0.2, -0.15) is 0 Å². The molecule has 6 heteroatoms. The number of nitrogens with zero attached hydrogens (tertiary/aromatic N) is 3. The normalized spacial score (nSPS) is 18.9. The number of nitrogens with two attached hydrogens (primary N) is 1. The first-order chi connectivity index (χ1) is 8.99. The molecule has 0 saturated carbocycles. The highest BCUT2D eigenvalue weighted by Gasteiger charge is 2.26. The van der Waals surface area contributed by atoms with Crippen molar-refractivity contribution in [1.82, 2.24) is 14.8 Å². The molecule has 1 aliphatic heterocycles. The molecule has 0 aliphatic carbocycles. The summed E-state index contributed by atoms with van der Waals surface area (Å²) in [5.41, 5.74) is 6.32. The van der Waals surface area contributed by atoms with Gasteiger partial charge in [-0.15, -0.1) is 11.3 Å². The summed E-state index contributed by atoms with van der Waals surface area (Å²) >= 11 is 1.46. The Balaban J connectivity index is 1.97. The maximum Gasteiger partial charge on any atom is 0.273 e. The average Bonchev–Trinajstić information content (AvgIpc) is 2.87. The first kappa shape index (κ1) is 14.4. The number of aromatic nitrogens is 1. The van der Waals surface area contributed by atoms with Crippen LogP contribution in [-0.2, 0) is 0 Å². The number of carbonyl (C=O) groups excluding carboxylic acids is 1. The topological polar surface area (TPSA) is 62.5 Å². The summed E-state index contributed by atoms with van der Waals surface area (Å²) in [6.07, 6.45) is 2.06. The Morgan fingerprint density at radius 1 is 1.53 bits per heavy atom. The highest BCUT2D eigenvalue weighted by atomic mass is 32.1. The molecule has 2 N–H and O–H groups in total. The number of thiazole rings is 1. The Morgan fingerprint density at radius 2 is 2.16 bits per heavy atom. The van der Waals surface area contributed by atoms with E-state index in [2.05, 4.69) is 24.0 Å². The van der Waals surface area contributed by atoms with Crippen LogP contribution in [0.15, 0.2) is 5.38 Å².